The number of hydrogen-bond donors (Lipinski definition) is 1. The summed E-state index contributed by atoms with van der Waals surface area (Å²) in [4.78, 5) is 22.6. The molecule has 1 atom stereocenters. The molecule has 2 aromatic carbocycles. The van der Waals surface area contributed by atoms with Gasteiger partial charge in [-0.2, -0.15) is 0 Å². The zero-order valence-corrected chi connectivity index (χ0v) is 21.1. The first-order valence-corrected chi connectivity index (χ1v) is 12.1. The number of rotatable bonds is 11. The fourth-order valence-electron chi connectivity index (χ4n) is 3.70. The predicted molar refractivity (Wildman–Crippen MR) is 142 cm³/mol. The molecule has 0 aliphatic carbocycles. The molecule has 0 spiro atoms. The van der Waals surface area contributed by atoms with E-state index in [-0.39, 0.29) is 11.7 Å². The molecule has 0 aliphatic rings. The molecule has 1 heterocycles. The van der Waals surface area contributed by atoms with Gasteiger partial charge >= 0.3 is 0 Å². The van der Waals surface area contributed by atoms with E-state index in [0.29, 0.717) is 32.6 Å². The second-order valence-corrected chi connectivity index (χ2v) is 8.95. The molecule has 7 nitrogen and oxygen atoms in total. The van der Waals surface area contributed by atoms with Crippen molar-refractivity contribution >= 4 is 57.8 Å². The van der Waals surface area contributed by atoms with Crippen LogP contribution in [-0.4, -0.2) is 45.5 Å². The lowest BCUT2D eigenvalue weighted by Crippen LogP contribution is -2.25. The molecule has 1 unspecified atom stereocenters. The summed E-state index contributed by atoms with van der Waals surface area (Å²) < 4.78 is 0. The minimum Gasteiger partial charge on any atom is -0.367 e. The topological polar surface area (TPSA) is 84.2 Å². The zero-order valence-electron chi connectivity index (χ0n) is 19.6. The number of hydrogen-bond acceptors (Lipinski definition) is 6. The summed E-state index contributed by atoms with van der Waals surface area (Å²) >= 11 is 12.3. The highest BCUT2D eigenvalue weighted by Crippen LogP contribution is 2.27. The molecule has 0 saturated heterocycles. The minimum absolute atomic E-state index is 0.00424. The molecule has 0 aliphatic heterocycles. The Bertz CT molecular complexity index is 1180. The number of anilines is 1. The SMILES string of the molecule is CCN(CC)CCCC(C)Nc1nc(/C=C/c2ccc(Cl)cc2Cl)nc2ccc([N+](=O)[O-])cc12. The number of fused-ring (bicyclic) bond motifs is 1. The quantitative estimate of drug-likeness (QED) is 0.226. The molecule has 0 amide bonds. The van der Waals surface area contributed by atoms with Crippen LogP contribution >= 0.6 is 23.2 Å². The van der Waals surface area contributed by atoms with Gasteiger partial charge in [-0.05, 0) is 75.3 Å². The summed E-state index contributed by atoms with van der Waals surface area (Å²) in [6.07, 6.45) is 5.58. The Hall–Kier alpha value is -2.74. The number of aromatic nitrogens is 2. The van der Waals surface area contributed by atoms with E-state index in [4.69, 9.17) is 23.2 Å². The Morgan fingerprint density at radius 1 is 1.12 bits per heavy atom. The second-order valence-electron chi connectivity index (χ2n) is 8.10. The smallest absolute Gasteiger partial charge is 0.270 e. The summed E-state index contributed by atoms with van der Waals surface area (Å²) in [5.41, 5.74) is 1.42. The fourth-order valence-corrected chi connectivity index (χ4v) is 4.17. The normalized spacial score (nSPS) is 12.5. The van der Waals surface area contributed by atoms with Crippen molar-refractivity contribution in [2.75, 3.05) is 25.0 Å². The van der Waals surface area contributed by atoms with E-state index in [1.807, 2.05) is 12.1 Å². The van der Waals surface area contributed by atoms with Gasteiger partial charge in [-0.15, -0.1) is 0 Å². The van der Waals surface area contributed by atoms with Crippen molar-refractivity contribution in [3.8, 4) is 0 Å². The van der Waals surface area contributed by atoms with Crippen LogP contribution in [0.4, 0.5) is 11.5 Å². The molecule has 34 heavy (non-hydrogen) atoms. The van der Waals surface area contributed by atoms with Crippen molar-refractivity contribution in [3.05, 3.63) is 67.9 Å². The summed E-state index contributed by atoms with van der Waals surface area (Å²) in [6, 6.07) is 10.0. The Kier molecular flexibility index (Phi) is 9.21. The van der Waals surface area contributed by atoms with Crippen LogP contribution in [0.3, 0.4) is 0 Å². The van der Waals surface area contributed by atoms with Crippen LogP contribution in [0, 0.1) is 10.1 Å². The molecule has 0 saturated carbocycles. The van der Waals surface area contributed by atoms with Crippen molar-refractivity contribution < 1.29 is 4.92 Å². The van der Waals surface area contributed by atoms with Crippen LogP contribution in [0.2, 0.25) is 10.0 Å². The molecular weight excluding hydrogens is 473 g/mol. The van der Waals surface area contributed by atoms with E-state index in [1.165, 1.54) is 12.1 Å². The second kappa shape index (κ2) is 12.1. The van der Waals surface area contributed by atoms with Gasteiger partial charge in [0.1, 0.15) is 5.82 Å². The molecule has 3 rings (SSSR count). The molecule has 180 valence electrons. The zero-order chi connectivity index (χ0) is 24.7. The van der Waals surface area contributed by atoms with E-state index in [9.17, 15) is 10.1 Å². The standard InChI is InChI=1S/C25H29Cl2N5O2/c1-4-31(5-2)14-6-7-17(3)28-25-21-16-20(32(33)34)11-12-23(21)29-24(30-25)13-9-18-8-10-19(26)15-22(18)27/h8-13,15-17H,4-7,14H2,1-3H3,(H,28,29,30)/b13-9+. The van der Waals surface area contributed by atoms with Gasteiger partial charge in [0.15, 0.2) is 5.82 Å². The van der Waals surface area contributed by atoms with Gasteiger partial charge in [0.25, 0.3) is 5.69 Å². The maximum absolute atomic E-state index is 11.3. The van der Waals surface area contributed by atoms with Gasteiger partial charge in [0.05, 0.1) is 10.4 Å². The number of halogens is 2. The average Bonchev–Trinajstić information content (AvgIpc) is 2.81. The number of benzene rings is 2. The van der Waals surface area contributed by atoms with Crippen LogP contribution < -0.4 is 5.32 Å². The Labute approximate surface area is 210 Å². The Balaban J connectivity index is 1.89. The molecule has 9 heteroatoms. The van der Waals surface area contributed by atoms with Crippen LogP contribution in [0.25, 0.3) is 23.1 Å². The van der Waals surface area contributed by atoms with E-state index >= 15 is 0 Å². The van der Waals surface area contributed by atoms with Gasteiger partial charge in [0, 0.05) is 33.6 Å². The number of nitro groups is 1. The summed E-state index contributed by atoms with van der Waals surface area (Å²) in [6.45, 7) is 9.52. The van der Waals surface area contributed by atoms with E-state index in [1.54, 1.807) is 24.3 Å². The third kappa shape index (κ3) is 6.88. The molecule has 0 fully saturated rings. The van der Waals surface area contributed by atoms with Crippen molar-refractivity contribution in [3.63, 3.8) is 0 Å². The first kappa shape index (κ1) is 25.9. The highest BCUT2D eigenvalue weighted by Gasteiger charge is 2.14. The van der Waals surface area contributed by atoms with Crippen molar-refractivity contribution in [1.82, 2.24) is 14.9 Å². The van der Waals surface area contributed by atoms with Crippen molar-refractivity contribution in [2.45, 2.75) is 39.7 Å². The number of non-ortho nitro benzene ring substituents is 1. The van der Waals surface area contributed by atoms with E-state index in [0.717, 1.165) is 38.0 Å². The van der Waals surface area contributed by atoms with Crippen LogP contribution in [-0.2, 0) is 0 Å². The Morgan fingerprint density at radius 2 is 1.88 bits per heavy atom. The third-order valence-electron chi connectivity index (χ3n) is 5.67. The largest absolute Gasteiger partial charge is 0.367 e. The van der Waals surface area contributed by atoms with Gasteiger partial charge in [-0.25, -0.2) is 9.97 Å². The minimum atomic E-state index is -0.410. The Morgan fingerprint density at radius 3 is 2.56 bits per heavy atom. The first-order chi connectivity index (χ1) is 16.3. The van der Waals surface area contributed by atoms with Crippen LogP contribution in [0.15, 0.2) is 36.4 Å². The first-order valence-electron chi connectivity index (χ1n) is 11.4. The lowest BCUT2D eigenvalue weighted by atomic mass is 10.1. The summed E-state index contributed by atoms with van der Waals surface area (Å²) in [7, 11) is 0. The monoisotopic (exact) mass is 501 g/mol. The average molecular weight is 502 g/mol. The molecule has 0 bridgehead atoms. The summed E-state index contributed by atoms with van der Waals surface area (Å²) in [5.74, 6) is 1.05. The third-order valence-corrected chi connectivity index (χ3v) is 6.23. The molecule has 3 aromatic rings. The fraction of sp³-hybridized carbons (Fsp3) is 0.360. The maximum Gasteiger partial charge on any atom is 0.270 e. The predicted octanol–water partition coefficient (Wildman–Crippen LogP) is 6.94. The van der Waals surface area contributed by atoms with Gasteiger partial charge in [0.2, 0.25) is 0 Å². The number of nitrogens with one attached hydrogen (secondary N) is 1. The van der Waals surface area contributed by atoms with E-state index in [2.05, 4.69) is 41.0 Å². The highest BCUT2D eigenvalue weighted by atomic mass is 35.5. The van der Waals surface area contributed by atoms with Crippen LogP contribution in [0.5, 0.6) is 0 Å². The lowest BCUT2D eigenvalue weighted by molar-refractivity contribution is -0.384. The van der Waals surface area contributed by atoms with Gasteiger partial charge in [-0.3, -0.25) is 10.1 Å². The number of nitro benzene ring substituents is 1. The van der Waals surface area contributed by atoms with Crippen molar-refractivity contribution in [1.29, 1.82) is 0 Å². The van der Waals surface area contributed by atoms with E-state index < -0.39 is 4.92 Å². The molecule has 0 radical (unpaired) electrons. The van der Waals surface area contributed by atoms with Gasteiger partial charge < -0.3 is 10.2 Å². The maximum atomic E-state index is 11.3. The lowest BCUT2D eigenvalue weighted by Gasteiger charge is -2.20. The molecule has 1 N–H and O–H groups in total. The van der Waals surface area contributed by atoms with Crippen LogP contribution in [0.1, 0.15) is 45.0 Å². The number of nitrogens with zero attached hydrogens (tertiary/aromatic N) is 4. The summed E-state index contributed by atoms with van der Waals surface area (Å²) in [5, 5.41) is 16.5. The van der Waals surface area contributed by atoms with Crippen molar-refractivity contribution in [2.24, 2.45) is 0 Å². The molecular formula is C25H29Cl2N5O2. The van der Waals surface area contributed by atoms with Gasteiger partial charge in [-0.1, -0.05) is 43.1 Å². The highest BCUT2D eigenvalue weighted by molar-refractivity contribution is 6.35. The molecule has 1 aromatic heterocycles.